The number of hydrogen-bond donors (Lipinski definition) is 1. The number of anilines is 1. The van der Waals surface area contributed by atoms with Crippen LogP contribution in [0.15, 0.2) is 23.1 Å². The summed E-state index contributed by atoms with van der Waals surface area (Å²) in [5, 5.41) is 0. The number of aryl methyl sites for hydroxylation is 1. The highest BCUT2D eigenvalue weighted by atomic mass is 32.2. The van der Waals surface area contributed by atoms with Crippen molar-refractivity contribution >= 4 is 31.6 Å². The van der Waals surface area contributed by atoms with E-state index in [0.717, 1.165) is 42.8 Å². The summed E-state index contributed by atoms with van der Waals surface area (Å²) in [6, 6.07) is 4.16. The van der Waals surface area contributed by atoms with Gasteiger partial charge in [0.05, 0.1) is 22.3 Å². The molecule has 27 heavy (non-hydrogen) atoms. The lowest BCUT2D eigenvalue weighted by Gasteiger charge is -2.19. The minimum atomic E-state index is -3.71. The van der Waals surface area contributed by atoms with Crippen molar-refractivity contribution in [1.82, 2.24) is 4.72 Å². The zero-order valence-corrected chi connectivity index (χ0v) is 17.3. The van der Waals surface area contributed by atoms with Gasteiger partial charge in [0.1, 0.15) is 0 Å². The highest BCUT2D eigenvalue weighted by Gasteiger charge is 2.42. The summed E-state index contributed by atoms with van der Waals surface area (Å²) in [6.07, 6.45) is 5.94. The Labute approximate surface area is 161 Å². The van der Waals surface area contributed by atoms with E-state index in [1.54, 1.807) is 13.8 Å². The van der Waals surface area contributed by atoms with Gasteiger partial charge in [-0.25, -0.2) is 25.9 Å². The summed E-state index contributed by atoms with van der Waals surface area (Å²) in [5.74, 6) is -1.31. The fourth-order valence-electron chi connectivity index (χ4n) is 3.83. The molecule has 1 heterocycles. The van der Waals surface area contributed by atoms with Gasteiger partial charge in [0.15, 0.2) is 0 Å². The number of nitrogens with zero attached hydrogens (tertiary/aromatic N) is 1. The van der Waals surface area contributed by atoms with Gasteiger partial charge in [-0.3, -0.25) is 4.79 Å². The largest absolute Gasteiger partial charge is 0.273 e. The minimum absolute atomic E-state index is 0.0713. The molecule has 1 aromatic rings. The molecular formula is C18H26N2O5S2. The van der Waals surface area contributed by atoms with Crippen molar-refractivity contribution in [1.29, 1.82) is 0 Å². The Hall–Kier alpha value is -1.45. The van der Waals surface area contributed by atoms with Crippen LogP contribution in [0.1, 0.15) is 51.0 Å². The second-order valence-electron chi connectivity index (χ2n) is 7.54. The van der Waals surface area contributed by atoms with Gasteiger partial charge in [0, 0.05) is 6.04 Å². The molecule has 1 aliphatic heterocycles. The molecule has 2 aliphatic rings. The predicted molar refractivity (Wildman–Crippen MR) is 103 cm³/mol. The molecule has 1 N–H and O–H groups in total. The molecule has 0 spiro atoms. The molecule has 1 saturated carbocycles. The van der Waals surface area contributed by atoms with Gasteiger partial charge >= 0.3 is 0 Å². The summed E-state index contributed by atoms with van der Waals surface area (Å²) in [5.41, 5.74) is 0.603. The number of amides is 1. The fraction of sp³-hybridized carbons (Fsp3) is 0.611. The summed E-state index contributed by atoms with van der Waals surface area (Å²) in [7, 11) is -7.41. The Morgan fingerprint density at radius 1 is 1.11 bits per heavy atom. The first-order chi connectivity index (χ1) is 12.6. The highest BCUT2D eigenvalue weighted by molar-refractivity contribution is 7.94. The first kappa shape index (κ1) is 20.3. The van der Waals surface area contributed by atoms with Crippen molar-refractivity contribution in [3.8, 4) is 0 Å². The first-order valence-electron chi connectivity index (χ1n) is 9.31. The Bertz CT molecular complexity index is 932. The zero-order valence-electron chi connectivity index (χ0n) is 15.6. The van der Waals surface area contributed by atoms with Crippen molar-refractivity contribution in [3.05, 3.63) is 23.8 Å². The lowest BCUT2D eigenvalue weighted by atomic mass is 10.1. The normalized spacial score (nSPS) is 24.1. The van der Waals surface area contributed by atoms with Crippen molar-refractivity contribution in [2.24, 2.45) is 5.92 Å². The Balaban J connectivity index is 1.87. The van der Waals surface area contributed by atoms with Crippen molar-refractivity contribution in [2.75, 3.05) is 10.1 Å². The summed E-state index contributed by atoms with van der Waals surface area (Å²) in [4.78, 5) is 12.3. The van der Waals surface area contributed by atoms with Crippen LogP contribution in [0.25, 0.3) is 0 Å². The van der Waals surface area contributed by atoms with Gasteiger partial charge in [0.2, 0.25) is 26.0 Å². The van der Waals surface area contributed by atoms with E-state index in [0.29, 0.717) is 5.56 Å². The van der Waals surface area contributed by atoms with E-state index in [4.69, 9.17) is 0 Å². The second-order valence-corrected chi connectivity index (χ2v) is 11.1. The van der Waals surface area contributed by atoms with E-state index in [2.05, 4.69) is 4.72 Å². The standard InChI is InChI=1S/C18H26N2O5S2/c1-13-11-16(20-18(21)14(2)12-26(20,22)23)9-10-17(13)27(24,25)19-15-7-5-3-4-6-8-15/h9-11,14-15,19H,3-8,12H2,1-2H3. The van der Waals surface area contributed by atoms with Crippen molar-refractivity contribution < 1.29 is 21.6 Å². The van der Waals surface area contributed by atoms with Gasteiger partial charge < -0.3 is 0 Å². The molecule has 7 nitrogen and oxygen atoms in total. The second kappa shape index (κ2) is 7.52. The molecular weight excluding hydrogens is 388 g/mol. The Kier molecular flexibility index (Phi) is 5.65. The maximum Gasteiger partial charge on any atom is 0.244 e. The van der Waals surface area contributed by atoms with Gasteiger partial charge in [-0.15, -0.1) is 0 Å². The quantitative estimate of drug-likeness (QED) is 0.762. The zero-order chi connectivity index (χ0) is 19.8. The van der Waals surface area contributed by atoms with Gasteiger partial charge in [-0.05, 0) is 43.5 Å². The third-order valence-corrected chi connectivity index (χ3v) is 8.77. The molecule has 9 heteroatoms. The molecule has 3 rings (SSSR count). The molecule has 150 valence electrons. The van der Waals surface area contributed by atoms with Crippen LogP contribution in [0, 0.1) is 12.8 Å². The van der Waals surface area contributed by atoms with Crippen LogP contribution in [0.3, 0.4) is 0 Å². The van der Waals surface area contributed by atoms with Crippen LogP contribution in [0.2, 0.25) is 0 Å². The number of hydrogen-bond acceptors (Lipinski definition) is 5. The van der Waals surface area contributed by atoms with Crippen molar-refractivity contribution in [2.45, 2.75) is 63.3 Å². The van der Waals surface area contributed by atoms with E-state index < -0.39 is 31.9 Å². The average Bonchev–Trinajstić information content (AvgIpc) is 2.73. The van der Waals surface area contributed by atoms with Gasteiger partial charge in [0.25, 0.3) is 0 Å². The van der Waals surface area contributed by atoms with E-state index in [1.165, 1.54) is 18.2 Å². The average molecular weight is 415 g/mol. The summed E-state index contributed by atoms with van der Waals surface area (Å²) in [6.45, 7) is 3.18. The highest BCUT2D eigenvalue weighted by Crippen LogP contribution is 2.31. The molecule has 0 bridgehead atoms. The van der Waals surface area contributed by atoms with E-state index >= 15 is 0 Å². The maximum atomic E-state index is 12.8. The third-order valence-electron chi connectivity index (χ3n) is 5.22. The molecule has 0 radical (unpaired) electrons. The van der Waals surface area contributed by atoms with Gasteiger partial charge in [-0.1, -0.05) is 32.6 Å². The lowest BCUT2D eigenvalue weighted by molar-refractivity contribution is -0.119. The maximum absolute atomic E-state index is 12.8. The van der Waals surface area contributed by atoms with Crippen molar-refractivity contribution in [3.63, 3.8) is 0 Å². The summed E-state index contributed by atoms with van der Waals surface area (Å²) >= 11 is 0. The molecule has 2 fully saturated rings. The number of sulfonamides is 2. The Morgan fingerprint density at radius 2 is 1.74 bits per heavy atom. The number of rotatable bonds is 4. The monoisotopic (exact) mass is 414 g/mol. The fourth-order valence-corrected chi connectivity index (χ4v) is 7.17. The molecule has 1 aromatic carbocycles. The number of benzene rings is 1. The van der Waals surface area contributed by atoms with Crippen LogP contribution >= 0.6 is 0 Å². The summed E-state index contributed by atoms with van der Waals surface area (Å²) < 4.78 is 53.7. The van der Waals surface area contributed by atoms with E-state index in [9.17, 15) is 21.6 Å². The molecule has 1 amide bonds. The molecule has 0 aromatic heterocycles. The minimum Gasteiger partial charge on any atom is -0.273 e. The SMILES string of the molecule is Cc1cc(N2C(=O)C(C)CS2(=O)=O)ccc1S(=O)(=O)NC1CCCCCC1. The number of nitrogens with one attached hydrogen (secondary N) is 1. The smallest absolute Gasteiger partial charge is 0.244 e. The number of carbonyl (C=O) groups is 1. The molecule has 1 aliphatic carbocycles. The first-order valence-corrected chi connectivity index (χ1v) is 12.4. The third kappa shape index (κ3) is 4.20. The van der Waals surface area contributed by atoms with Gasteiger partial charge in [-0.2, -0.15) is 0 Å². The van der Waals surface area contributed by atoms with Crippen LogP contribution in [0.5, 0.6) is 0 Å². The Morgan fingerprint density at radius 3 is 2.26 bits per heavy atom. The lowest BCUT2D eigenvalue weighted by Crippen LogP contribution is -2.35. The van der Waals surface area contributed by atoms with E-state index in [-0.39, 0.29) is 22.4 Å². The topological polar surface area (TPSA) is 101 Å². The van der Waals surface area contributed by atoms with Crippen LogP contribution in [-0.4, -0.2) is 34.5 Å². The van der Waals surface area contributed by atoms with Crippen LogP contribution in [0.4, 0.5) is 5.69 Å². The van der Waals surface area contributed by atoms with Crippen LogP contribution < -0.4 is 9.03 Å². The van der Waals surface area contributed by atoms with Crippen LogP contribution in [-0.2, 0) is 24.8 Å². The molecule has 1 saturated heterocycles. The molecule has 1 unspecified atom stereocenters. The van der Waals surface area contributed by atoms with E-state index in [1.807, 2.05) is 0 Å². The number of carbonyl (C=O) groups excluding carboxylic acids is 1. The predicted octanol–water partition coefficient (Wildman–Crippen LogP) is 2.31. The molecule has 1 atom stereocenters.